The van der Waals surface area contributed by atoms with E-state index in [2.05, 4.69) is 41.5 Å². The first kappa shape index (κ1) is 8.58. The summed E-state index contributed by atoms with van der Waals surface area (Å²) < 4.78 is 0. The van der Waals surface area contributed by atoms with Crippen LogP contribution in [0, 0.1) is 5.41 Å². The third-order valence-electron chi connectivity index (χ3n) is 3.56. The first-order valence-electron chi connectivity index (χ1n) is 4.25. The molecule has 0 aromatic heterocycles. The standard InChI is InChI=1S/C11H18/c1-7-8(2)10(4)11(5,6)9(7)3/h1-6H3. The van der Waals surface area contributed by atoms with Gasteiger partial charge in [-0.2, -0.15) is 0 Å². The fraction of sp³-hybridized carbons (Fsp3) is 0.636. The van der Waals surface area contributed by atoms with Gasteiger partial charge in [-0.1, -0.05) is 25.0 Å². The lowest BCUT2D eigenvalue weighted by molar-refractivity contribution is 0.547. The summed E-state index contributed by atoms with van der Waals surface area (Å²) in [6.07, 6.45) is 0. The summed E-state index contributed by atoms with van der Waals surface area (Å²) in [5.41, 5.74) is 6.37. The molecule has 11 heavy (non-hydrogen) atoms. The highest BCUT2D eigenvalue weighted by Crippen LogP contribution is 2.45. The molecule has 62 valence electrons. The maximum atomic E-state index is 2.30. The van der Waals surface area contributed by atoms with Gasteiger partial charge in [0.25, 0.3) is 0 Å². The van der Waals surface area contributed by atoms with Crippen LogP contribution in [0.3, 0.4) is 0 Å². The van der Waals surface area contributed by atoms with E-state index in [-0.39, 0.29) is 0 Å². The zero-order chi connectivity index (χ0) is 8.81. The molecule has 1 aliphatic carbocycles. The fourth-order valence-corrected chi connectivity index (χ4v) is 1.78. The second kappa shape index (κ2) is 2.23. The number of rotatable bonds is 0. The van der Waals surface area contributed by atoms with Crippen LogP contribution < -0.4 is 0 Å². The molecule has 0 nitrogen and oxygen atoms in total. The van der Waals surface area contributed by atoms with Crippen molar-refractivity contribution in [1.82, 2.24) is 0 Å². The minimum Gasteiger partial charge on any atom is -0.0604 e. The quantitative estimate of drug-likeness (QED) is 0.494. The van der Waals surface area contributed by atoms with Crippen molar-refractivity contribution in [2.24, 2.45) is 5.41 Å². The number of allylic oxidation sites excluding steroid dienone is 4. The van der Waals surface area contributed by atoms with Crippen LogP contribution in [0.1, 0.15) is 41.5 Å². The van der Waals surface area contributed by atoms with Crippen molar-refractivity contribution < 1.29 is 0 Å². The summed E-state index contributed by atoms with van der Waals surface area (Å²) in [5.74, 6) is 0. The van der Waals surface area contributed by atoms with Gasteiger partial charge >= 0.3 is 0 Å². The Hall–Kier alpha value is -0.520. The topological polar surface area (TPSA) is 0 Å². The Kier molecular flexibility index (Phi) is 1.74. The van der Waals surface area contributed by atoms with Gasteiger partial charge in [0.05, 0.1) is 0 Å². The Morgan fingerprint density at radius 1 is 0.727 bits per heavy atom. The molecular formula is C11H18. The summed E-state index contributed by atoms with van der Waals surface area (Å²) in [6.45, 7) is 13.5. The van der Waals surface area contributed by atoms with Crippen LogP contribution in [0.5, 0.6) is 0 Å². The van der Waals surface area contributed by atoms with Crippen molar-refractivity contribution in [2.45, 2.75) is 41.5 Å². The summed E-state index contributed by atoms with van der Waals surface area (Å²) >= 11 is 0. The summed E-state index contributed by atoms with van der Waals surface area (Å²) in [7, 11) is 0. The Labute approximate surface area is 70.0 Å². The van der Waals surface area contributed by atoms with E-state index in [1.807, 2.05) is 0 Å². The van der Waals surface area contributed by atoms with E-state index in [4.69, 9.17) is 0 Å². The average molecular weight is 150 g/mol. The van der Waals surface area contributed by atoms with E-state index in [0.717, 1.165) is 0 Å². The molecule has 0 amide bonds. The van der Waals surface area contributed by atoms with Crippen LogP contribution in [0.15, 0.2) is 22.3 Å². The predicted octanol–water partition coefficient (Wildman–Crippen LogP) is 3.70. The maximum Gasteiger partial charge on any atom is 0.00701 e. The van der Waals surface area contributed by atoms with E-state index in [1.165, 1.54) is 22.3 Å². The van der Waals surface area contributed by atoms with Crippen molar-refractivity contribution in [3.8, 4) is 0 Å². The zero-order valence-corrected chi connectivity index (χ0v) is 8.50. The van der Waals surface area contributed by atoms with Crippen LogP contribution in [0.25, 0.3) is 0 Å². The predicted molar refractivity (Wildman–Crippen MR) is 50.5 cm³/mol. The normalized spacial score (nSPS) is 23.5. The Morgan fingerprint density at radius 2 is 1.00 bits per heavy atom. The van der Waals surface area contributed by atoms with E-state index in [1.54, 1.807) is 0 Å². The second-order valence-electron chi connectivity index (χ2n) is 4.12. The SMILES string of the molecule is CC1=C(C)C(C)(C)C(C)=C1C. The smallest absolute Gasteiger partial charge is 0.00701 e. The van der Waals surface area contributed by atoms with Gasteiger partial charge in [-0.25, -0.2) is 0 Å². The third-order valence-corrected chi connectivity index (χ3v) is 3.56. The lowest BCUT2D eigenvalue weighted by Crippen LogP contribution is -2.11. The van der Waals surface area contributed by atoms with Crippen molar-refractivity contribution in [3.63, 3.8) is 0 Å². The highest BCUT2D eigenvalue weighted by molar-refractivity contribution is 5.49. The van der Waals surface area contributed by atoms with Crippen molar-refractivity contribution in [2.75, 3.05) is 0 Å². The number of hydrogen-bond donors (Lipinski definition) is 0. The van der Waals surface area contributed by atoms with Crippen LogP contribution >= 0.6 is 0 Å². The van der Waals surface area contributed by atoms with Crippen LogP contribution in [-0.2, 0) is 0 Å². The third kappa shape index (κ3) is 0.962. The van der Waals surface area contributed by atoms with Gasteiger partial charge in [-0.3, -0.25) is 0 Å². The Balaban J connectivity index is 3.27. The van der Waals surface area contributed by atoms with Gasteiger partial charge in [0.1, 0.15) is 0 Å². The second-order valence-corrected chi connectivity index (χ2v) is 4.12. The maximum absolute atomic E-state index is 2.30. The van der Waals surface area contributed by atoms with Gasteiger partial charge in [-0.15, -0.1) is 0 Å². The minimum absolute atomic E-state index is 0.314. The highest BCUT2D eigenvalue weighted by Gasteiger charge is 2.30. The summed E-state index contributed by atoms with van der Waals surface area (Å²) in [6, 6.07) is 0. The molecule has 0 unspecified atom stereocenters. The van der Waals surface area contributed by atoms with Gasteiger partial charge in [0, 0.05) is 5.41 Å². The van der Waals surface area contributed by atoms with Crippen LogP contribution in [0.4, 0.5) is 0 Å². The number of hydrogen-bond acceptors (Lipinski definition) is 0. The van der Waals surface area contributed by atoms with Gasteiger partial charge in [0.15, 0.2) is 0 Å². The largest absolute Gasteiger partial charge is 0.0604 e. The van der Waals surface area contributed by atoms with E-state index >= 15 is 0 Å². The first-order chi connectivity index (χ1) is 4.89. The monoisotopic (exact) mass is 150 g/mol. The van der Waals surface area contributed by atoms with Crippen molar-refractivity contribution in [3.05, 3.63) is 22.3 Å². The highest BCUT2D eigenvalue weighted by atomic mass is 14.4. The van der Waals surface area contributed by atoms with Gasteiger partial charge < -0.3 is 0 Å². The molecular weight excluding hydrogens is 132 g/mol. The van der Waals surface area contributed by atoms with Crippen LogP contribution in [0.2, 0.25) is 0 Å². The molecule has 0 heterocycles. The first-order valence-corrected chi connectivity index (χ1v) is 4.25. The lowest BCUT2D eigenvalue weighted by Gasteiger charge is -2.22. The summed E-state index contributed by atoms with van der Waals surface area (Å²) in [5, 5.41) is 0. The molecule has 0 aromatic carbocycles. The molecule has 0 fully saturated rings. The fourth-order valence-electron chi connectivity index (χ4n) is 1.78. The average Bonchev–Trinajstić information content (AvgIpc) is 2.06. The zero-order valence-electron chi connectivity index (χ0n) is 8.50. The van der Waals surface area contributed by atoms with Gasteiger partial charge in [-0.05, 0) is 38.8 Å². The Bertz CT molecular complexity index is 223. The van der Waals surface area contributed by atoms with E-state index < -0.39 is 0 Å². The van der Waals surface area contributed by atoms with E-state index in [9.17, 15) is 0 Å². The van der Waals surface area contributed by atoms with Crippen molar-refractivity contribution >= 4 is 0 Å². The van der Waals surface area contributed by atoms with Gasteiger partial charge in [0.2, 0.25) is 0 Å². The molecule has 0 atom stereocenters. The molecule has 0 radical (unpaired) electrons. The Morgan fingerprint density at radius 3 is 1.09 bits per heavy atom. The van der Waals surface area contributed by atoms with E-state index in [0.29, 0.717) is 5.41 Å². The lowest BCUT2D eigenvalue weighted by atomic mass is 9.82. The molecule has 0 heteroatoms. The molecule has 0 saturated heterocycles. The molecule has 1 aliphatic rings. The molecule has 0 aromatic rings. The minimum atomic E-state index is 0.314. The molecule has 1 rings (SSSR count). The molecule has 0 aliphatic heterocycles. The summed E-state index contributed by atoms with van der Waals surface area (Å²) in [4.78, 5) is 0. The molecule has 0 N–H and O–H groups in total. The van der Waals surface area contributed by atoms with Crippen molar-refractivity contribution in [1.29, 1.82) is 0 Å². The molecule has 0 spiro atoms. The molecule has 0 saturated carbocycles. The van der Waals surface area contributed by atoms with Crippen LogP contribution in [-0.4, -0.2) is 0 Å². The molecule has 0 bridgehead atoms.